The molecule has 0 saturated carbocycles. The summed E-state index contributed by atoms with van der Waals surface area (Å²) in [5, 5.41) is 13.5. The number of benzene rings is 2. The summed E-state index contributed by atoms with van der Waals surface area (Å²) in [6, 6.07) is 17.1. The van der Waals surface area contributed by atoms with Crippen molar-refractivity contribution in [1.82, 2.24) is 14.9 Å². The molecule has 2 atom stereocenters. The van der Waals surface area contributed by atoms with Gasteiger partial charge in [0.15, 0.2) is 0 Å². The first kappa shape index (κ1) is 16.2. The summed E-state index contributed by atoms with van der Waals surface area (Å²) in [7, 11) is 0. The van der Waals surface area contributed by atoms with Crippen molar-refractivity contribution in [1.29, 1.82) is 0 Å². The summed E-state index contributed by atoms with van der Waals surface area (Å²) in [6.45, 7) is 3.76. The molecule has 0 radical (unpaired) electrons. The summed E-state index contributed by atoms with van der Waals surface area (Å²) < 4.78 is 1.98. The molecular weight excluding hydrogens is 302 g/mol. The fourth-order valence-electron chi connectivity index (χ4n) is 2.94. The molecule has 5 heteroatoms. The molecule has 0 bridgehead atoms. The van der Waals surface area contributed by atoms with E-state index in [1.807, 2.05) is 66.1 Å². The highest BCUT2D eigenvalue weighted by molar-refractivity contribution is 5.77. The molecule has 1 amide bonds. The van der Waals surface area contributed by atoms with Gasteiger partial charge >= 0.3 is 0 Å². The van der Waals surface area contributed by atoms with E-state index in [1.54, 1.807) is 0 Å². The Hall–Kier alpha value is -2.66. The van der Waals surface area contributed by atoms with Gasteiger partial charge in [-0.05, 0) is 24.6 Å². The Bertz CT molecular complexity index is 842. The van der Waals surface area contributed by atoms with Crippen LogP contribution in [0.15, 0.2) is 54.6 Å². The van der Waals surface area contributed by atoms with E-state index < -0.39 is 6.10 Å². The number of aliphatic hydroxyl groups excluding tert-OH is 1. The lowest BCUT2D eigenvalue weighted by molar-refractivity contribution is -0.119. The SMILES string of the molecule is CC(=O)N[C@@H](C)c1nc2ccccc2n1CC(O)c1ccccc1. The normalized spacial score (nSPS) is 13.6. The topological polar surface area (TPSA) is 67.2 Å². The molecule has 3 aromatic rings. The number of nitrogens with zero attached hydrogens (tertiary/aromatic N) is 2. The van der Waals surface area contributed by atoms with E-state index in [-0.39, 0.29) is 11.9 Å². The number of para-hydroxylation sites is 2. The summed E-state index contributed by atoms with van der Waals surface area (Å²) in [6.07, 6.45) is -0.646. The van der Waals surface area contributed by atoms with Gasteiger partial charge in [-0.25, -0.2) is 4.98 Å². The predicted octanol–water partition coefficient (Wildman–Crippen LogP) is 2.97. The summed E-state index contributed by atoms with van der Waals surface area (Å²) in [5.41, 5.74) is 2.65. The number of fused-ring (bicyclic) bond motifs is 1. The molecular formula is C19H21N3O2. The van der Waals surface area contributed by atoms with Gasteiger partial charge in [0, 0.05) is 6.92 Å². The molecule has 5 nitrogen and oxygen atoms in total. The minimum atomic E-state index is -0.646. The van der Waals surface area contributed by atoms with Crippen LogP contribution in [0, 0.1) is 0 Å². The molecule has 124 valence electrons. The highest BCUT2D eigenvalue weighted by atomic mass is 16.3. The standard InChI is InChI=1S/C19H21N3O2/c1-13(20-14(2)23)19-21-16-10-6-7-11-17(16)22(19)12-18(24)15-8-4-3-5-9-15/h3-11,13,18,24H,12H2,1-2H3,(H,20,23)/t13-,18?/m0/s1. The van der Waals surface area contributed by atoms with Gasteiger partial charge in [-0.1, -0.05) is 42.5 Å². The number of carbonyl (C=O) groups is 1. The van der Waals surface area contributed by atoms with Crippen LogP contribution < -0.4 is 5.32 Å². The smallest absolute Gasteiger partial charge is 0.217 e. The molecule has 1 heterocycles. The molecule has 2 aromatic carbocycles. The number of imidazole rings is 1. The first-order valence-electron chi connectivity index (χ1n) is 8.01. The Labute approximate surface area is 141 Å². The molecule has 0 aliphatic heterocycles. The number of nitrogens with one attached hydrogen (secondary N) is 1. The zero-order valence-corrected chi connectivity index (χ0v) is 13.8. The molecule has 0 aliphatic rings. The van der Waals surface area contributed by atoms with E-state index in [1.165, 1.54) is 6.92 Å². The fraction of sp³-hybridized carbons (Fsp3) is 0.263. The van der Waals surface area contributed by atoms with Gasteiger partial charge in [-0.2, -0.15) is 0 Å². The van der Waals surface area contributed by atoms with Crippen molar-refractivity contribution in [2.24, 2.45) is 0 Å². The number of aromatic nitrogens is 2. The van der Waals surface area contributed by atoms with Crippen molar-refractivity contribution in [3.63, 3.8) is 0 Å². The van der Waals surface area contributed by atoms with Crippen LogP contribution in [0.5, 0.6) is 0 Å². The minimum Gasteiger partial charge on any atom is -0.387 e. The van der Waals surface area contributed by atoms with Crippen LogP contribution in [0.4, 0.5) is 0 Å². The van der Waals surface area contributed by atoms with Gasteiger partial charge in [0.25, 0.3) is 0 Å². The van der Waals surface area contributed by atoms with Gasteiger partial charge in [0.05, 0.1) is 29.7 Å². The Morgan fingerprint density at radius 3 is 2.54 bits per heavy atom. The number of rotatable bonds is 5. The van der Waals surface area contributed by atoms with Crippen molar-refractivity contribution >= 4 is 16.9 Å². The van der Waals surface area contributed by atoms with E-state index >= 15 is 0 Å². The Kier molecular flexibility index (Phi) is 4.62. The lowest BCUT2D eigenvalue weighted by Crippen LogP contribution is -2.27. The van der Waals surface area contributed by atoms with Gasteiger partial charge < -0.3 is 15.0 Å². The third-order valence-electron chi connectivity index (χ3n) is 4.03. The van der Waals surface area contributed by atoms with Crippen LogP contribution in [0.25, 0.3) is 11.0 Å². The minimum absolute atomic E-state index is 0.107. The predicted molar refractivity (Wildman–Crippen MR) is 93.4 cm³/mol. The molecule has 1 unspecified atom stereocenters. The van der Waals surface area contributed by atoms with Gasteiger partial charge in [-0.3, -0.25) is 4.79 Å². The largest absolute Gasteiger partial charge is 0.387 e. The summed E-state index contributed by atoms with van der Waals surface area (Å²) in [4.78, 5) is 16.0. The number of hydrogen-bond donors (Lipinski definition) is 2. The van der Waals surface area contributed by atoms with E-state index in [0.29, 0.717) is 6.54 Å². The fourth-order valence-corrected chi connectivity index (χ4v) is 2.94. The van der Waals surface area contributed by atoms with Gasteiger partial charge in [0.1, 0.15) is 5.82 Å². The van der Waals surface area contributed by atoms with E-state index in [9.17, 15) is 9.90 Å². The van der Waals surface area contributed by atoms with E-state index in [4.69, 9.17) is 0 Å². The zero-order chi connectivity index (χ0) is 17.1. The Balaban J connectivity index is 1.99. The molecule has 0 spiro atoms. The third kappa shape index (κ3) is 3.31. The Morgan fingerprint density at radius 1 is 1.17 bits per heavy atom. The highest BCUT2D eigenvalue weighted by Crippen LogP contribution is 2.24. The number of aliphatic hydroxyl groups is 1. The number of amides is 1. The summed E-state index contributed by atoms with van der Waals surface area (Å²) in [5.74, 6) is 0.631. The number of hydrogen-bond acceptors (Lipinski definition) is 3. The first-order valence-corrected chi connectivity index (χ1v) is 8.01. The van der Waals surface area contributed by atoms with Crippen molar-refractivity contribution < 1.29 is 9.90 Å². The highest BCUT2D eigenvalue weighted by Gasteiger charge is 2.19. The lowest BCUT2D eigenvalue weighted by atomic mass is 10.1. The van der Waals surface area contributed by atoms with Crippen LogP contribution in [0.2, 0.25) is 0 Å². The van der Waals surface area contributed by atoms with Crippen LogP contribution in [0.3, 0.4) is 0 Å². The van der Waals surface area contributed by atoms with Gasteiger partial charge in [-0.15, -0.1) is 0 Å². The van der Waals surface area contributed by atoms with E-state index in [0.717, 1.165) is 22.4 Å². The Morgan fingerprint density at radius 2 is 1.83 bits per heavy atom. The van der Waals surface area contributed by atoms with Crippen LogP contribution in [0.1, 0.15) is 37.4 Å². The molecule has 2 N–H and O–H groups in total. The maximum Gasteiger partial charge on any atom is 0.217 e. The molecule has 0 aliphatic carbocycles. The van der Waals surface area contributed by atoms with Crippen LogP contribution in [-0.2, 0) is 11.3 Å². The molecule has 0 saturated heterocycles. The van der Waals surface area contributed by atoms with Crippen LogP contribution in [-0.4, -0.2) is 20.6 Å². The second-order valence-corrected chi connectivity index (χ2v) is 5.92. The quantitative estimate of drug-likeness (QED) is 0.758. The third-order valence-corrected chi connectivity index (χ3v) is 4.03. The monoisotopic (exact) mass is 323 g/mol. The van der Waals surface area contributed by atoms with Crippen molar-refractivity contribution in [3.05, 3.63) is 66.0 Å². The van der Waals surface area contributed by atoms with Crippen LogP contribution >= 0.6 is 0 Å². The average molecular weight is 323 g/mol. The molecule has 24 heavy (non-hydrogen) atoms. The second-order valence-electron chi connectivity index (χ2n) is 5.92. The maximum atomic E-state index is 11.4. The molecule has 1 aromatic heterocycles. The maximum absolute atomic E-state index is 11.4. The lowest BCUT2D eigenvalue weighted by Gasteiger charge is -2.18. The van der Waals surface area contributed by atoms with Crippen molar-refractivity contribution in [2.45, 2.75) is 32.5 Å². The van der Waals surface area contributed by atoms with Crippen molar-refractivity contribution in [3.8, 4) is 0 Å². The molecule has 0 fully saturated rings. The van der Waals surface area contributed by atoms with E-state index in [2.05, 4.69) is 10.3 Å². The van der Waals surface area contributed by atoms with Crippen molar-refractivity contribution in [2.75, 3.05) is 0 Å². The number of carbonyl (C=O) groups excluding carboxylic acids is 1. The summed E-state index contributed by atoms with van der Waals surface area (Å²) >= 11 is 0. The average Bonchev–Trinajstić information content (AvgIpc) is 2.94. The van der Waals surface area contributed by atoms with Gasteiger partial charge in [0.2, 0.25) is 5.91 Å². The second kappa shape index (κ2) is 6.84. The first-order chi connectivity index (χ1) is 11.6. The zero-order valence-electron chi connectivity index (χ0n) is 13.8. The molecule has 3 rings (SSSR count).